The number of carboxylic acids is 1. The Morgan fingerprint density at radius 2 is 1.76 bits per heavy atom. The minimum absolute atomic E-state index is 0.0104. The van der Waals surface area contributed by atoms with E-state index in [2.05, 4.69) is 0 Å². The van der Waals surface area contributed by atoms with E-state index in [4.69, 9.17) is 5.11 Å². The van der Waals surface area contributed by atoms with Crippen LogP contribution in [0.1, 0.15) is 40.0 Å². The normalized spacial score (nSPS) is 21.4. The maximum Gasteiger partial charge on any atom is 0.308 e. The van der Waals surface area contributed by atoms with Gasteiger partial charge in [-0.05, 0) is 26.2 Å². The van der Waals surface area contributed by atoms with Crippen molar-refractivity contribution in [3.05, 3.63) is 0 Å². The summed E-state index contributed by atoms with van der Waals surface area (Å²) in [6.07, 6.45) is 1.21. The third-order valence-electron chi connectivity index (χ3n) is 4.18. The van der Waals surface area contributed by atoms with Crippen molar-refractivity contribution in [3.63, 3.8) is 0 Å². The Morgan fingerprint density at radius 3 is 2.24 bits per heavy atom. The van der Waals surface area contributed by atoms with Gasteiger partial charge in [0.15, 0.2) is 0 Å². The molecule has 0 aromatic heterocycles. The van der Waals surface area contributed by atoms with Gasteiger partial charge in [-0.25, -0.2) is 0 Å². The summed E-state index contributed by atoms with van der Waals surface area (Å²) < 4.78 is 0. The highest BCUT2D eigenvalue weighted by Gasteiger charge is 2.36. The predicted molar refractivity (Wildman–Crippen MR) is 78.6 cm³/mol. The molecule has 1 fully saturated rings. The fourth-order valence-electron chi connectivity index (χ4n) is 2.78. The summed E-state index contributed by atoms with van der Waals surface area (Å²) in [5.41, 5.74) is 0. The van der Waals surface area contributed by atoms with Crippen LogP contribution in [0.5, 0.6) is 0 Å². The first-order valence-corrected chi connectivity index (χ1v) is 7.69. The number of hydrogen-bond donors (Lipinski definition) is 1. The van der Waals surface area contributed by atoms with Crippen molar-refractivity contribution in [2.45, 2.75) is 40.0 Å². The Bertz CT molecular complexity index is 393. The molecule has 0 saturated carbocycles. The number of nitrogens with zero attached hydrogens (tertiary/aromatic N) is 2. The zero-order chi connectivity index (χ0) is 16.0. The second kappa shape index (κ2) is 8.00. The smallest absolute Gasteiger partial charge is 0.308 e. The predicted octanol–water partition coefficient (Wildman–Crippen LogP) is 1.20. The molecule has 2 amide bonds. The topological polar surface area (TPSA) is 77.9 Å². The summed E-state index contributed by atoms with van der Waals surface area (Å²) >= 11 is 0. The Labute approximate surface area is 126 Å². The molecule has 1 aliphatic heterocycles. The van der Waals surface area contributed by atoms with Crippen LogP contribution < -0.4 is 0 Å². The Hall–Kier alpha value is -1.59. The summed E-state index contributed by atoms with van der Waals surface area (Å²) in [7, 11) is 0. The van der Waals surface area contributed by atoms with Crippen molar-refractivity contribution in [1.29, 1.82) is 0 Å². The van der Waals surface area contributed by atoms with Gasteiger partial charge in [0.1, 0.15) is 0 Å². The molecular weight excluding hydrogens is 272 g/mol. The highest BCUT2D eigenvalue weighted by atomic mass is 16.4. The number of aliphatic carboxylic acids is 1. The molecule has 0 aliphatic carbocycles. The maximum absolute atomic E-state index is 12.1. The molecule has 2 atom stereocenters. The fraction of sp³-hybridized carbons (Fsp3) is 0.800. The molecule has 21 heavy (non-hydrogen) atoms. The first-order chi connectivity index (χ1) is 9.90. The third-order valence-corrected chi connectivity index (χ3v) is 4.18. The van der Waals surface area contributed by atoms with Gasteiger partial charge in [-0.15, -0.1) is 0 Å². The Morgan fingerprint density at radius 1 is 1.14 bits per heavy atom. The summed E-state index contributed by atoms with van der Waals surface area (Å²) in [6.45, 7) is 7.89. The first-order valence-electron chi connectivity index (χ1n) is 7.69. The van der Waals surface area contributed by atoms with E-state index in [1.54, 1.807) is 9.80 Å². The second-order valence-corrected chi connectivity index (χ2v) is 5.64. The average molecular weight is 298 g/mol. The average Bonchev–Trinajstić information content (AvgIpc) is 2.82. The van der Waals surface area contributed by atoms with Crippen LogP contribution in [0.25, 0.3) is 0 Å². The van der Waals surface area contributed by atoms with Crippen molar-refractivity contribution in [2.75, 3.05) is 26.2 Å². The molecule has 1 heterocycles. The zero-order valence-corrected chi connectivity index (χ0v) is 13.2. The lowest BCUT2D eigenvalue weighted by Gasteiger charge is -2.19. The number of carbonyl (C=O) groups is 3. The number of carboxylic acid groups (broad SMARTS) is 1. The van der Waals surface area contributed by atoms with Gasteiger partial charge in [0.05, 0.1) is 5.92 Å². The van der Waals surface area contributed by atoms with Crippen LogP contribution in [0.15, 0.2) is 0 Å². The van der Waals surface area contributed by atoms with Gasteiger partial charge < -0.3 is 14.9 Å². The molecule has 1 saturated heterocycles. The van der Waals surface area contributed by atoms with E-state index in [0.717, 1.165) is 0 Å². The van der Waals surface area contributed by atoms with Crippen molar-refractivity contribution >= 4 is 17.8 Å². The summed E-state index contributed by atoms with van der Waals surface area (Å²) in [6, 6.07) is 0. The minimum atomic E-state index is -0.838. The molecular formula is C15H26N2O4. The van der Waals surface area contributed by atoms with E-state index >= 15 is 0 Å². The van der Waals surface area contributed by atoms with Gasteiger partial charge in [0.2, 0.25) is 11.8 Å². The molecule has 0 radical (unpaired) electrons. The third kappa shape index (κ3) is 4.72. The lowest BCUT2D eigenvalue weighted by atomic mass is 9.99. The van der Waals surface area contributed by atoms with Gasteiger partial charge in [0, 0.05) is 39.0 Å². The molecule has 0 unspecified atom stereocenters. The Balaban J connectivity index is 2.35. The fourth-order valence-corrected chi connectivity index (χ4v) is 2.78. The van der Waals surface area contributed by atoms with Gasteiger partial charge in [-0.2, -0.15) is 0 Å². The summed E-state index contributed by atoms with van der Waals surface area (Å²) in [5.74, 6) is -1.28. The monoisotopic (exact) mass is 298 g/mol. The van der Waals surface area contributed by atoms with Crippen LogP contribution in [-0.4, -0.2) is 58.9 Å². The van der Waals surface area contributed by atoms with Crippen LogP contribution in [0.3, 0.4) is 0 Å². The first kappa shape index (κ1) is 17.5. The zero-order valence-electron chi connectivity index (χ0n) is 13.2. The standard InChI is InChI=1S/C15H26N2O4/c1-4-16(5-2)13(18)7-6-8-14(19)17-9-11(3)12(10-17)15(20)21/h11-12H,4-10H2,1-3H3,(H,20,21)/t11-,12-/m1/s1. The van der Waals surface area contributed by atoms with Crippen molar-refractivity contribution in [2.24, 2.45) is 11.8 Å². The van der Waals surface area contributed by atoms with E-state index in [1.807, 2.05) is 20.8 Å². The van der Waals surface area contributed by atoms with Crippen LogP contribution >= 0.6 is 0 Å². The van der Waals surface area contributed by atoms with Crippen LogP contribution in [0, 0.1) is 11.8 Å². The second-order valence-electron chi connectivity index (χ2n) is 5.64. The van der Waals surface area contributed by atoms with Gasteiger partial charge >= 0.3 is 5.97 Å². The molecule has 120 valence electrons. The molecule has 0 aromatic carbocycles. The van der Waals surface area contributed by atoms with E-state index < -0.39 is 11.9 Å². The van der Waals surface area contributed by atoms with Crippen LogP contribution in [0.2, 0.25) is 0 Å². The molecule has 0 spiro atoms. The lowest BCUT2D eigenvalue weighted by Crippen LogP contribution is -2.32. The maximum atomic E-state index is 12.1. The van der Waals surface area contributed by atoms with Gasteiger partial charge in [-0.1, -0.05) is 6.92 Å². The molecule has 6 nitrogen and oxygen atoms in total. The van der Waals surface area contributed by atoms with Gasteiger partial charge in [-0.3, -0.25) is 14.4 Å². The van der Waals surface area contributed by atoms with Crippen molar-refractivity contribution in [3.8, 4) is 0 Å². The van der Waals surface area contributed by atoms with Crippen LogP contribution in [0.4, 0.5) is 0 Å². The van der Waals surface area contributed by atoms with Gasteiger partial charge in [0.25, 0.3) is 0 Å². The quantitative estimate of drug-likeness (QED) is 0.766. The Kier molecular flexibility index (Phi) is 6.65. The molecule has 0 bridgehead atoms. The summed E-state index contributed by atoms with van der Waals surface area (Å²) in [4.78, 5) is 38.3. The molecule has 6 heteroatoms. The van der Waals surface area contributed by atoms with Crippen molar-refractivity contribution in [1.82, 2.24) is 9.80 Å². The number of rotatable bonds is 7. The van der Waals surface area contributed by atoms with E-state index in [-0.39, 0.29) is 17.7 Å². The van der Waals surface area contributed by atoms with Crippen LogP contribution in [-0.2, 0) is 14.4 Å². The SMILES string of the molecule is CCN(CC)C(=O)CCCC(=O)N1C[C@@H](C)[C@H](C(=O)O)C1. The number of hydrogen-bond acceptors (Lipinski definition) is 3. The van der Waals surface area contributed by atoms with E-state index in [9.17, 15) is 14.4 Å². The van der Waals surface area contributed by atoms with Crippen molar-refractivity contribution < 1.29 is 19.5 Å². The summed E-state index contributed by atoms with van der Waals surface area (Å²) in [5, 5.41) is 9.06. The number of likely N-dealkylation sites (tertiary alicyclic amines) is 1. The molecule has 1 N–H and O–H groups in total. The largest absolute Gasteiger partial charge is 0.481 e. The number of amides is 2. The van der Waals surface area contributed by atoms with E-state index in [0.29, 0.717) is 45.4 Å². The lowest BCUT2D eigenvalue weighted by molar-refractivity contribution is -0.142. The molecule has 1 rings (SSSR count). The highest BCUT2D eigenvalue weighted by molar-refractivity contribution is 5.80. The van der Waals surface area contributed by atoms with E-state index in [1.165, 1.54) is 0 Å². The molecule has 0 aromatic rings. The molecule has 1 aliphatic rings. The highest BCUT2D eigenvalue weighted by Crippen LogP contribution is 2.24. The number of carbonyl (C=O) groups excluding carboxylic acids is 2. The minimum Gasteiger partial charge on any atom is -0.481 e.